The van der Waals surface area contributed by atoms with Gasteiger partial charge >= 0.3 is 5.97 Å². The van der Waals surface area contributed by atoms with Gasteiger partial charge in [-0.1, -0.05) is 42.5 Å². The van der Waals surface area contributed by atoms with E-state index in [-0.39, 0.29) is 6.61 Å². The molecule has 0 radical (unpaired) electrons. The van der Waals surface area contributed by atoms with Gasteiger partial charge in [0.05, 0.1) is 0 Å². The second kappa shape index (κ2) is 6.66. The lowest BCUT2D eigenvalue weighted by Crippen LogP contribution is -2.14. The number of hydrogen-bond donors (Lipinski definition) is 0. The van der Waals surface area contributed by atoms with Crippen LogP contribution in [0, 0.1) is 0 Å². The Balaban J connectivity index is 2.58. The fraction of sp³-hybridized carbons (Fsp3) is 0.0769. The number of hydrogen-bond acceptors (Lipinski definition) is 3. The molecule has 0 N–H and O–H groups in total. The molecule has 0 heterocycles. The van der Waals surface area contributed by atoms with E-state index < -0.39 is 11.8 Å². The molecule has 0 saturated carbocycles. The van der Waals surface area contributed by atoms with Crippen LogP contribution in [0.1, 0.15) is 5.56 Å². The summed E-state index contributed by atoms with van der Waals surface area (Å²) in [5.74, 6) is -1.60. The van der Waals surface area contributed by atoms with E-state index in [4.69, 9.17) is 11.6 Å². The monoisotopic (exact) mass is 250 g/mol. The Bertz CT molecular complexity index is 446. The van der Waals surface area contributed by atoms with Crippen molar-refractivity contribution in [1.29, 1.82) is 0 Å². The zero-order valence-corrected chi connectivity index (χ0v) is 9.81. The van der Waals surface area contributed by atoms with Crippen molar-refractivity contribution >= 4 is 29.4 Å². The Kier molecular flexibility index (Phi) is 5.17. The first-order valence-corrected chi connectivity index (χ1v) is 5.27. The molecular formula is C13H11ClO3. The zero-order valence-electron chi connectivity index (χ0n) is 9.06. The van der Waals surface area contributed by atoms with Crippen LogP contribution in [0.3, 0.4) is 0 Å². The molecule has 0 amide bonds. The molecule has 0 fully saturated rings. The summed E-state index contributed by atoms with van der Waals surface area (Å²) >= 11 is 5.71. The van der Waals surface area contributed by atoms with Gasteiger partial charge in [0.2, 0.25) is 0 Å². The standard InChI is InChI=1S/C13H11ClO3/c1-2-9-17-13(16)12(15)8-5-10-3-6-11(14)7-4-10/h2-8H,1,9H2/b8-5+. The van der Waals surface area contributed by atoms with Crippen molar-refractivity contribution in [3.8, 4) is 0 Å². The maximum absolute atomic E-state index is 11.3. The van der Waals surface area contributed by atoms with Crippen LogP contribution in [0.5, 0.6) is 0 Å². The highest BCUT2D eigenvalue weighted by atomic mass is 35.5. The smallest absolute Gasteiger partial charge is 0.379 e. The summed E-state index contributed by atoms with van der Waals surface area (Å²) in [5, 5.41) is 0.610. The number of benzene rings is 1. The first kappa shape index (κ1) is 13.2. The van der Waals surface area contributed by atoms with Crippen LogP contribution in [0.2, 0.25) is 5.02 Å². The predicted octanol–water partition coefficient (Wildman–Crippen LogP) is 2.65. The molecule has 4 heteroatoms. The topological polar surface area (TPSA) is 43.4 Å². The molecule has 0 aliphatic heterocycles. The van der Waals surface area contributed by atoms with E-state index in [0.29, 0.717) is 5.02 Å². The second-order valence-corrected chi connectivity index (χ2v) is 3.57. The normalized spacial score (nSPS) is 10.2. The van der Waals surface area contributed by atoms with E-state index in [2.05, 4.69) is 11.3 Å². The summed E-state index contributed by atoms with van der Waals surface area (Å²) in [4.78, 5) is 22.4. The Morgan fingerprint density at radius 3 is 2.53 bits per heavy atom. The second-order valence-electron chi connectivity index (χ2n) is 3.14. The molecule has 0 unspecified atom stereocenters. The SMILES string of the molecule is C=CCOC(=O)C(=O)/C=C/c1ccc(Cl)cc1. The van der Waals surface area contributed by atoms with Crippen molar-refractivity contribution in [3.05, 3.63) is 53.6 Å². The highest BCUT2D eigenvalue weighted by molar-refractivity contribution is 6.39. The molecule has 0 aromatic heterocycles. The summed E-state index contributed by atoms with van der Waals surface area (Å²) in [6, 6.07) is 6.87. The van der Waals surface area contributed by atoms with E-state index in [0.717, 1.165) is 11.6 Å². The summed E-state index contributed by atoms with van der Waals surface area (Å²) in [5.41, 5.74) is 0.777. The average molecular weight is 251 g/mol. The molecule has 0 bridgehead atoms. The third-order valence-electron chi connectivity index (χ3n) is 1.83. The van der Waals surface area contributed by atoms with E-state index in [1.54, 1.807) is 24.3 Å². The Labute approximate surface area is 104 Å². The van der Waals surface area contributed by atoms with Gasteiger partial charge in [-0.15, -0.1) is 0 Å². The summed E-state index contributed by atoms with van der Waals surface area (Å²) in [6.07, 6.45) is 4.08. The van der Waals surface area contributed by atoms with Crippen molar-refractivity contribution in [3.63, 3.8) is 0 Å². The van der Waals surface area contributed by atoms with Gasteiger partial charge in [-0.2, -0.15) is 0 Å². The molecule has 0 aliphatic rings. The molecule has 0 atom stereocenters. The fourth-order valence-corrected chi connectivity index (χ4v) is 1.15. The lowest BCUT2D eigenvalue weighted by Gasteiger charge is -1.97. The molecular weight excluding hydrogens is 240 g/mol. The Hall–Kier alpha value is -1.87. The number of esters is 1. The minimum atomic E-state index is -0.893. The molecule has 0 aliphatic carbocycles. The quantitative estimate of drug-likeness (QED) is 0.349. The molecule has 1 rings (SSSR count). The number of ether oxygens (including phenoxy) is 1. The van der Waals surface area contributed by atoms with Crippen LogP contribution in [0.4, 0.5) is 0 Å². The van der Waals surface area contributed by atoms with Gasteiger partial charge in [-0.05, 0) is 23.8 Å². The average Bonchev–Trinajstić information content (AvgIpc) is 2.34. The van der Waals surface area contributed by atoms with Crippen LogP contribution in [-0.4, -0.2) is 18.4 Å². The minimum absolute atomic E-state index is 0.0271. The Morgan fingerprint density at radius 1 is 1.29 bits per heavy atom. The lowest BCUT2D eigenvalue weighted by atomic mass is 10.2. The van der Waals surface area contributed by atoms with Crippen molar-refractivity contribution in [2.45, 2.75) is 0 Å². The first-order chi connectivity index (χ1) is 8.13. The number of rotatable bonds is 5. The van der Waals surface area contributed by atoms with Crippen LogP contribution >= 0.6 is 11.6 Å². The van der Waals surface area contributed by atoms with E-state index in [9.17, 15) is 9.59 Å². The van der Waals surface area contributed by atoms with Gasteiger partial charge in [0.25, 0.3) is 5.78 Å². The van der Waals surface area contributed by atoms with Crippen molar-refractivity contribution in [1.82, 2.24) is 0 Å². The lowest BCUT2D eigenvalue weighted by molar-refractivity contribution is -0.150. The fourth-order valence-electron chi connectivity index (χ4n) is 1.02. The van der Waals surface area contributed by atoms with E-state index >= 15 is 0 Å². The van der Waals surface area contributed by atoms with E-state index in [1.807, 2.05) is 0 Å². The van der Waals surface area contributed by atoms with Gasteiger partial charge in [0.15, 0.2) is 0 Å². The van der Waals surface area contributed by atoms with Gasteiger partial charge < -0.3 is 4.74 Å². The van der Waals surface area contributed by atoms with Crippen LogP contribution in [0.25, 0.3) is 6.08 Å². The van der Waals surface area contributed by atoms with Gasteiger partial charge in [-0.25, -0.2) is 4.79 Å². The van der Waals surface area contributed by atoms with Gasteiger partial charge in [-0.3, -0.25) is 4.79 Å². The maximum atomic E-state index is 11.3. The van der Waals surface area contributed by atoms with Gasteiger partial charge in [0, 0.05) is 5.02 Å². The molecule has 88 valence electrons. The van der Waals surface area contributed by atoms with E-state index in [1.165, 1.54) is 12.2 Å². The number of carbonyl (C=O) groups excluding carboxylic acids is 2. The van der Waals surface area contributed by atoms with Crippen LogP contribution < -0.4 is 0 Å². The van der Waals surface area contributed by atoms with Gasteiger partial charge in [0.1, 0.15) is 6.61 Å². The highest BCUT2D eigenvalue weighted by Crippen LogP contribution is 2.10. The zero-order chi connectivity index (χ0) is 12.7. The van der Waals surface area contributed by atoms with Crippen molar-refractivity contribution in [2.75, 3.05) is 6.61 Å². The molecule has 1 aromatic rings. The third kappa shape index (κ3) is 4.66. The molecule has 0 spiro atoms. The predicted molar refractivity (Wildman–Crippen MR) is 66.6 cm³/mol. The highest BCUT2D eigenvalue weighted by Gasteiger charge is 2.10. The van der Waals surface area contributed by atoms with Crippen LogP contribution in [0.15, 0.2) is 43.0 Å². The third-order valence-corrected chi connectivity index (χ3v) is 2.08. The van der Waals surface area contributed by atoms with Crippen LogP contribution in [-0.2, 0) is 14.3 Å². The molecule has 1 aromatic carbocycles. The molecule has 3 nitrogen and oxygen atoms in total. The number of ketones is 1. The summed E-state index contributed by atoms with van der Waals surface area (Å²) < 4.78 is 4.58. The summed E-state index contributed by atoms with van der Waals surface area (Å²) in [6.45, 7) is 3.40. The van der Waals surface area contributed by atoms with Crippen molar-refractivity contribution < 1.29 is 14.3 Å². The number of halogens is 1. The molecule has 0 saturated heterocycles. The largest absolute Gasteiger partial charge is 0.455 e. The first-order valence-electron chi connectivity index (χ1n) is 4.89. The summed E-state index contributed by atoms with van der Waals surface area (Å²) in [7, 11) is 0. The van der Waals surface area contributed by atoms with Crippen molar-refractivity contribution in [2.24, 2.45) is 0 Å². The minimum Gasteiger partial charge on any atom is -0.455 e. The molecule has 17 heavy (non-hydrogen) atoms. The maximum Gasteiger partial charge on any atom is 0.379 e. The number of carbonyl (C=O) groups is 2. The Morgan fingerprint density at radius 2 is 1.94 bits per heavy atom.